The second-order valence-electron chi connectivity index (χ2n) is 6.62. The van der Waals surface area contributed by atoms with E-state index in [-0.39, 0.29) is 24.0 Å². The van der Waals surface area contributed by atoms with Crippen molar-refractivity contribution in [1.29, 1.82) is 0 Å². The van der Waals surface area contributed by atoms with Crippen LogP contribution in [0.4, 0.5) is 0 Å². The molecule has 1 saturated heterocycles. The minimum absolute atomic E-state index is 0. The molecule has 1 atom stereocenters. The maximum Gasteiger partial charge on any atom is 0.191 e. The molecular formula is C19H36IN5O. The first-order valence-electron chi connectivity index (χ1n) is 9.95. The maximum atomic E-state index is 5.44. The number of rotatable bonds is 9. The minimum atomic E-state index is 0. The fraction of sp³-hybridized carbons (Fsp3) is 0.789. The van der Waals surface area contributed by atoms with Gasteiger partial charge in [0.05, 0.1) is 12.2 Å². The van der Waals surface area contributed by atoms with Crippen molar-refractivity contribution >= 4 is 29.9 Å². The summed E-state index contributed by atoms with van der Waals surface area (Å²) in [4.78, 5) is 7.38. The Bertz CT molecular complexity index is 519. The normalized spacial score (nSPS) is 16.4. The van der Waals surface area contributed by atoms with E-state index in [9.17, 15) is 0 Å². The molecule has 1 aliphatic rings. The molecule has 1 aliphatic heterocycles. The fourth-order valence-corrected chi connectivity index (χ4v) is 3.47. The lowest BCUT2D eigenvalue weighted by molar-refractivity contribution is 0.236. The Morgan fingerprint density at radius 1 is 1.15 bits per heavy atom. The molecule has 2 rings (SSSR count). The first-order valence-corrected chi connectivity index (χ1v) is 9.95. The van der Waals surface area contributed by atoms with Gasteiger partial charge in [-0.05, 0) is 45.7 Å². The molecule has 0 aliphatic carbocycles. The van der Waals surface area contributed by atoms with Crippen LogP contribution in [0, 0.1) is 0 Å². The van der Waals surface area contributed by atoms with Crippen LogP contribution in [0.1, 0.15) is 64.0 Å². The lowest BCUT2D eigenvalue weighted by Crippen LogP contribution is -2.46. The van der Waals surface area contributed by atoms with E-state index in [1.165, 1.54) is 25.9 Å². The third-order valence-electron chi connectivity index (χ3n) is 4.98. The van der Waals surface area contributed by atoms with Crippen LogP contribution >= 0.6 is 24.0 Å². The van der Waals surface area contributed by atoms with E-state index in [1.807, 2.05) is 0 Å². The van der Waals surface area contributed by atoms with Gasteiger partial charge in [0.1, 0.15) is 5.76 Å². The number of aromatic nitrogens is 1. The van der Waals surface area contributed by atoms with Crippen molar-refractivity contribution in [2.75, 3.05) is 26.2 Å². The van der Waals surface area contributed by atoms with Crippen LogP contribution in [0.3, 0.4) is 0 Å². The van der Waals surface area contributed by atoms with E-state index in [1.54, 1.807) is 0 Å². The summed E-state index contributed by atoms with van der Waals surface area (Å²) < 4.78 is 5.44. The summed E-state index contributed by atoms with van der Waals surface area (Å²) in [7, 11) is 0. The molecular weight excluding hydrogens is 441 g/mol. The highest BCUT2D eigenvalue weighted by Crippen LogP contribution is 2.17. The minimum Gasteiger partial charge on any atom is -0.361 e. The molecule has 0 spiro atoms. The molecule has 26 heavy (non-hydrogen) atoms. The topological polar surface area (TPSA) is 65.7 Å². The zero-order chi connectivity index (χ0) is 18.1. The SMILES string of the molecule is CCNC(=NCc1c(CC)noc1CC)NCC(CC)N1CCCC1.I. The number of nitrogens with zero attached hydrogens (tertiary/aromatic N) is 3. The molecule has 0 amide bonds. The molecule has 6 nitrogen and oxygen atoms in total. The zero-order valence-electron chi connectivity index (χ0n) is 16.8. The molecule has 2 heterocycles. The highest BCUT2D eigenvalue weighted by atomic mass is 127. The number of hydrogen-bond donors (Lipinski definition) is 2. The van der Waals surface area contributed by atoms with Gasteiger partial charge in [-0.2, -0.15) is 0 Å². The number of hydrogen-bond acceptors (Lipinski definition) is 4. The molecule has 0 saturated carbocycles. The van der Waals surface area contributed by atoms with Gasteiger partial charge in [0.25, 0.3) is 0 Å². The van der Waals surface area contributed by atoms with Crippen LogP contribution in [-0.2, 0) is 19.4 Å². The second kappa shape index (κ2) is 12.5. The van der Waals surface area contributed by atoms with E-state index in [2.05, 4.69) is 48.4 Å². The number of aliphatic imine (C=N–C) groups is 1. The summed E-state index contributed by atoms with van der Waals surface area (Å²) in [5.74, 6) is 1.84. The number of guanidine groups is 1. The Morgan fingerprint density at radius 2 is 1.88 bits per heavy atom. The lowest BCUT2D eigenvalue weighted by atomic mass is 10.1. The van der Waals surface area contributed by atoms with Gasteiger partial charge >= 0.3 is 0 Å². The number of nitrogens with one attached hydrogen (secondary N) is 2. The quantitative estimate of drug-likeness (QED) is 0.325. The summed E-state index contributed by atoms with van der Waals surface area (Å²) in [6.45, 7) is 13.4. The maximum absolute atomic E-state index is 5.44. The van der Waals surface area contributed by atoms with Crippen LogP contribution in [-0.4, -0.2) is 48.2 Å². The molecule has 1 aromatic rings. The van der Waals surface area contributed by atoms with Gasteiger partial charge in [-0.25, -0.2) is 4.99 Å². The lowest BCUT2D eigenvalue weighted by Gasteiger charge is -2.27. The Labute approximate surface area is 175 Å². The number of likely N-dealkylation sites (tertiary alicyclic amines) is 1. The van der Waals surface area contributed by atoms with Crippen molar-refractivity contribution in [3.05, 3.63) is 17.0 Å². The fourth-order valence-electron chi connectivity index (χ4n) is 3.47. The van der Waals surface area contributed by atoms with Crippen LogP contribution in [0.15, 0.2) is 9.52 Å². The van der Waals surface area contributed by atoms with Gasteiger partial charge < -0.3 is 15.2 Å². The van der Waals surface area contributed by atoms with Gasteiger partial charge in [0.2, 0.25) is 0 Å². The van der Waals surface area contributed by atoms with Gasteiger partial charge in [0, 0.05) is 31.1 Å². The van der Waals surface area contributed by atoms with E-state index < -0.39 is 0 Å². The van der Waals surface area contributed by atoms with E-state index in [0.717, 1.165) is 55.3 Å². The predicted molar refractivity (Wildman–Crippen MR) is 118 cm³/mol. The summed E-state index contributed by atoms with van der Waals surface area (Å²) in [5.41, 5.74) is 2.17. The van der Waals surface area contributed by atoms with Crippen molar-refractivity contribution in [1.82, 2.24) is 20.7 Å². The Kier molecular flexibility index (Phi) is 11.2. The molecule has 150 valence electrons. The highest BCUT2D eigenvalue weighted by Gasteiger charge is 2.20. The van der Waals surface area contributed by atoms with E-state index in [4.69, 9.17) is 9.52 Å². The Balaban J connectivity index is 0.00000338. The predicted octanol–water partition coefficient (Wildman–Crippen LogP) is 3.35. The molecule has 7 heteroatoms. The molecule has 0 bridgehead atoms. The smallest absolute Gasteiger partial charge is 0.191 e. The van der Waals surface area contributed by atoms with Crippen molar-refractivity contribution in [3.8, 4) is 0 Å². The van der Waals surface area contributed by atoms with Crippen molar-refractivity contribution < 1.29 is 4.52 Å². The third-order valence-corrected chi connectivity index (χ3v) is 4.98. The standard InChI is InChI=1S/C19H35N5O.HI/c1-5-15(24-11-9-10-12-24)13-21-19(20-8-4)22-14-16-17(6-2)23-25-18(16)7-3;/h15H,5-14H2,1-4H3,(H2,20,21,22);1H. The van der Waals surface area contributed by atoms with E-state index in [0.29, 0.717) is 12.6 Å². The van der Waals surface area contributed by atoms with Gasteiger partial charge in [-0.15, -0.1) is 24.0 Å². The largest absolute Gasteiger partial charge is 0.361 e. The first-order chi connectivity index (χ1) is 12.2. The molecule has 0 radical (unpaired) electrons. The monoisotopic (exact) mass is 477 g/mol. The third kappa shape index (κ3) is 6.40. The summed E-state index contributed by atoms with van der Waals surface area (Å²) in [6, 6.07) is 0.583. The molecule has 1 fully saturated rings. The average molecular weight is 477 g/mol. The van der Waals surface area contributed by atoms with Gasteiger partial charge in [-0.3, -0.25) is 4.90 Å². The Hall–Kier alpha value is -0.830. The van der Waals surface area contributed by atoms with Crippen LogP contribution in [0.2, 0.25) is 0 Å². The summed E-state index contributed by atoms with van der Waals surface area (Å²) in [6.07, 6.45) is 5.56. The highest BCUT2D eigenvalue weighted by molar-refractivity contribution is 14.0. The van der Waals surface area contributed by atoms with E-state index >= 15 is 0 Å². The molecule has 2 N–H and O–H groups in total. The number of halogens is 1. The average Bonchev–Trinajstić information content (AvgIpc) is 3.29. The molecule has 0 aromatic carbocycles. The van der Waals surface area contributed by atoms with Crippen LogP contribution in [0.5, 0.6) is 0 Å². The van der Waals surface area contributed by atoms with Gasteiger partial charge in [0.15, 0.2) is 5.96 Å². The molecule has 1 aromatic heterocycles. The van der Waals surface area contributed by atoms with Crippen LogP contribution < -0.4 is 10.6 Å². The number of aryl methyl sites for hydroxylation is 2. The zero-order valence-corrected chi connectivity index (χ0v) is 19.1. The first kappa shape index (κ1) is 23.2. The molecule has 1 unspecified atom stereocenters. The van der Waals surface area contributed by atoms with Crippen molar-refractivity contribution in [2.24, 2.45) is 4.99 Å². The summed E-state index contributed by atoms with van der Waals surface area (Å²) in [5, 5.41) is 11.1. The second-order valence-corrected chi connectivity index (χ2v) is 6.62. The van der Waals surface area contributed by atoms with Crippen LogP contribution in [0.25, 0.3) is 0 Å². The Morgan fingerprint density at radius 3 is 2.46 bits per heavy atom. The van der Waals surface area contributed by atoms with Gasteiger partial charge in [-0.1, -0.05) is 25.9 Å². The van der Waals surface area contributed by atoms with Crippen molar-refractivity contribution in [2.45, 2.75) is 72.4 Å². The van der Waals surface area contributed by atoms with Crippen molar-refractivity contribution in [3.63, 3.8) is 0 Å². The summed E-state index contributed by atoms with van der Waals surface area (Å²) >= 11 is 0.